The van der Waals surface area contributed by atoms with Crippen LogP contribution in [0.3, 0.4) is 0 Å². The zero-order chi connectivity index (χ0) is 24.7. The second kappa shape index (κ2) is 11.4. The summed E-state index contributed by atoms with van der Waals surface area (Å²) in [6, 6.07) is 16.9. The average molecular weight is 468 g/mol. The molecule has 0 saturated carbocycles. The Hall–Kier alpha value is -3.78. The average Bonchev–Trinajstić information content (AvgIpc) is 3.25. The van der Waals surface area contributed by atoms with E-state index in [2.05, 4.69) is 22.0 Å². The van der Waals surface area contributed by atoms with Crippen molar-refractivity contribution in [3.8, 4) is 17.1 Å². The Morgan fingerprint density at radius 2 is 1.82 bits per heavy atom. The SMILES string of the molecule is C/C=C(F)\C(=C(/C)F)c1nc(C(N)=O)c(-c2ccc(OCCN(C)Cc3ccccc3)cc2)o1. The van der Waals surface area contributed by atoms with Gasteiger partial charge < -0.3 is 14.9 Å². The zero-order valence-electron chi connectivity index (χ0n) is 19.3. The van der Waals surface area contributed by atoms with Crippen molar-refractivity contribution < 1.29 is 22.7 Å². The Balaban J connectivity index is 1.71. The highest BCUT2D eigenvalue weighted by atomic mass is 19.1. The number of aromatic nitrogens is 1. The van der Waals surface area contributed by atoms with Gasteiger partial charge in [0.2, 0.25) is 5.89 Å². The number of hydrogen-bond acceptors (Lipinski definition) is 5. The van der Waals surface area contributed by atoms with Gasteiger partial charge in [0.25, 0.3) is 5.91 Å². The predicted octanol–water partition coefficient (Wildman–Crippen LogP) is 5.53. The molecule has 178 valence electrons. The summed E-state index contributed by atoms with van der Waals surface area (Å²) in [6.07, 6.45) is 1.08. The quantitative estimate of drug-likeness (QED) is 0.397. The number of hydrogen-bond donors (Lipinski definition) is 1. The molecule has 0 aliphatic carbocycles. The van der Waals surface area contributed by atoms with Gasteiger partial charge in [-0.25, -0.2) is 13.8 Å². The zero-order valence-corrected chi connectivity index (χ0v) is 19.3. The third kappa shape index (κ3) is 6.17. The number of rotatable bonds is 10. The minimum absolute atomic E-state index is 0.0271. The number of nitrogens with two attached hydrogens (primary N) is 1. The summed E-state index contributed by atoms with van der Waals surface area (Å²) in [5.74, 6) is -2.27. The highest BCUT2D eigenvalue weighted by molar-refractivity contribution is 5.97. The molecule has 2 N–H and O–H groups in total. The Kier molecular flexibility index (Phi) is 8.32. The first-order chi connectivity index (χ1) is 16.3. The molecule has 0 bridgehead atoms. The molecule has 3 aromatic rings. The van der Waals surface area contributed by atoms with Crippen LogP contribution in [0.1, 0.15) is 35.8 Å². The molecule has 0 unspecified atom stereocenters. The largest absolute Gasteiger partial charge is 0.492 e. The van der Waals surface area contributed by atoms with Crippen molar-refractivity contribution in [1.29, 1.82) is 0 Å². The second-order valence-corrected chi connectivity index (χ2v) is 7.70. The van der Waals surface area contributed by atoms with E-state index in [0.717, 1.165) is 26.1 Å². The molecule has 0 atom stereocenters. The van der Waals surface area contributed by atoms with Gasteiger partial charge in [-0.3, -0.25) is 9.69 Å². The van der Waals surface area contributed by atoms with Gasteiger partial charge in [0.1, 0.15) is 29.6 Å². The van der Waals surface area contributed by atoms with E-state index in [1.165, 1.54) is 12.5 Å². The van der Waals surface area contributed by atoms with Crippen molar-refractivity contribution >= 4 is 11.5 Å². The Morgan fingerprint density at radius 1 is 1.15 bits per heavy atom. The maximum Gasteiger partial charge on any atom is 0.271 e. The Bertz CT molecular complexity index is 1180. The van der Waals surface area contributed by atoms with Crippen molar-refractivity contribution in [2.45, 2.75) is 20.4 Å². The lowest BCUT2D eigenvalue weighted by Gasteiger charge is -2.17. The first-order valence-electron chi connectivity index (χ1n) is 10.8. The highest BCUT2D eigenvalue weighted by Gasteiger charge is 2.24. The molecule has 0 aliphatic heterocycles. The topological polar surface area (TPSA) is 81.6 Å². The molecule has 1 heterocycles. The molecule has 0 radical (unpaired) electrons. The molecule has 6 nitrogen and oxygen atoms in total. The van der Waals surface area contributed by atoms with Gasteiger partial charge in [0, 0.05) is 18.7 Å². The molecule has 1 amide bonds. The third-order valence-corrected chi connectivity index (χ3v) is 5.06. The lowest BCUT2D eigenvalue weighted by Crippen LogP contribution is -2.23. The first-order valence-corrected chi connectivity index (χ1v) is 10.8. The van der Waals surface area contributed by atoms with Crippen LogP contribution in [0.25, 0.3) is 16.9 Å². The van der Waals surface area contributed by atoms with Crippen molar-refractivity contribution in [1.82, 2.24) is 9.88 Å². The number of carbonyl (C=O) groups excluding carboxylic acids is 1. The van der Waals surface area contributed by atoms with Crippen molar-refractivity contribution in [2.75, 3.05) is 20.2 Å². The van der Waals surface area contributed by atoms with Crippen LogP contribution in [0.2, 0.25) is 0 Å². The Morgan fingerprint density at radius 3 is 2.41 bits per heavy atom. The smallest absolute Gasteiger partial charge is 0.271 e. The van der Waals surface area contributed by atoms with Gasteiger partial charge in [0.05, 0.1) is 0 Å². The number of ether oxygens (including phenoxy) is 1. The van der Waals surface area contributed by atoms with Gasteiger partial charge >= 0.3 is 0 Å². The number of likely N-dealkylation sites (N-methyl/N-ethyl adjacent to an activating group) is 1. The number of primary amides is 1. The summed E-state index contributed by atoms with van der Waals surface area (Å²) >= 11 is 0. The minimum atomic E-state index is -0.872. The maximum absolute atomic E-state index is 14.2. The fourth-order valence-corrected chi connectivity index (χ4v) is 3.34. The summed E-state index contributed by atoms with van der Waals surface area (Å²) in [6.45, 7) is 4.51. The van der Waals surface area contributed by atoms with E-state index in [4.69, 9.17) is 14.9 Å². The second-order valence-electron chi connectivity index (χ2n) is 7.70. The van der Waals surface area contributed by atoms with Crippen LogP contribution in [0.15, 0.2) is 76.7 Å². The van der Waals surface area contributed by atoms with Crippen LogP contribution in [0.5, 0.6) is 5.75 Å². The predicted molar refractivity (Wildman–Crippen MR) is 127 cm³/mol. The summed E-state index contributed by atoms with van der Waals surface area (Å²) in [5, 5.41) is 0. The molecule has 0 fully saturated rings. The molecule has 0 aliphatic rings. The van der Waals surface area contributed by atoms with Crippen LogP contribution in [0, 0.1) is 0 Å². The Labute approximate surface area is 197 Å². The van der Waals surface area contributed by atoms with Gasteiger partial charge in [-0.05, 0) is 50.7 Å². The van der Waals surface area contributed by atoms with Gasteiger partial charge in [-0.15, -0.1) is 0 Å². The number of benzene rings is 2. The number of nitrogens with zero attached hydrogens (tertiary/aromatic N) is 2. The number of halogens is 2. The normalized spacial score (nSPS) is 12.6. The number of allylic oxidation sites excluding steroid dienone is 4. The van der Waals surface area contributed by atoms with Crippen LogP contribution in [-0.2, 0) is 6.54 Å². The van der Waals surface area contributed by atoms with E-state index < -0.39 is 23.1 Å². The minimum Gasteiger partial charge on any atom is -0.492 e. The first kappa shape index (κ1) is 24.9. The number of amides is 1. The molecular weight excluding hydrogens is 440 g/mol. The van der Waals surface area contributed by atoms with Crippen LogP contribution >= 0.6 is 0 Å². The van der Waals surface area contributed by atoms with E-state index in [0.29, 0.717) is 17.9 Å². The van der Waals surface area contributed by atoms with Crippen molar-refractivity contribution in [3.05, 3.63) is 89.5 Å². The van der Waals surface area contributed by atoms with Crippen LogP contribution < -0.4 is 10.5 Å². The summed E-state index contributed by atoms with van der Waals surface area (Å²) in [7, 11) is 2.02. The van der Waals surface area contributed by atoms with E-state index in [9.17, 15) is 13.6 Å². The molecular formula is C26H27F2N3O3. The lowest BCUT2D eigenvalue weighted by atomic mass is 10.1. The molecule has 1 aromatic heterocycles. The van der Waals surface area contributed by atoms with Gasteiger partial charge in [-0.2, -0.15) is 0 Å². The maximum atomic E-state index is 14.2. The number of carbonyl (C=O) groups is 1. The lowest BCUT2D eigenvalue weighted by molar-refractivity contribution is 0.0996. The summed E-state index contributed by atoms with van der Waals surface area (Å²) in [5.41, 5.74) is 6.44. The van der Waals surface area contributed by atoms with Gasteiger partial charge in [-0.1, -0.05) is 36.4 Å². The fourth-order valence-electron chi connectivity index (χ4n) is 3.34. The van der Waals surface area contributed by atoms with E-state index in [1.807, 2.05) is 25.2 Å². The summed E-state index contributed by atoms with van der Waals surface area (Å²) < 4.78 is 39.5. The summed E-state index contributed by atoms with van der Waals surface area (Å²) in [4.78, 5) is 18.0. The standard InChI is InChI=1S/C26H27F2N3O3/c1-4-21(28)22(17(2)27)26-30-23(25(29)32)24(34-26)19-10-12-20(13-11-19)33-15-14-31(3)16-18-8-6-5-7-9-18/h4-13H,14-16H2,1-3H3,(H2,29,32)/b21-4+,22-17-. The van der Waals surface area contributed by atoms with Gasteiger partial charge in [0.15, 0.2) is 11.5 Å². The molecule has 8 heteroatoms. The molecule has 0 spiro atoms. The molecule has 34 heavy (non-hydrogen) atoms. The van der Waals surface area contributed by atoms with Crippen LogP contribution in [0.4, 0.5) is 8.78 Å². The van der Waals surface area contributed by atoms with E-state index in [1.54, 1.807) is 24.3 Å². The van der Waals surface area contributed by atoms with Crippen molar-refractivity contribution in [2.24, 2.45) is 5.73 Å². The third-order valence-electron chi connectivity index (χ3n) is 5.06. The monoisotopic (exact) mass is 467 g/mol. The highest BCUT2D eigenvalue weighted by Crippen LogP contribution is 2.33. The molecule has 3 rings (SSSR count). The number of oxazole rings is 1. The van der Waals surface area contributed by atoms with E-state index in [-0.39, 0.29) is 17.3 Å². The van der Waals surface area contributed by atoms with E-state index >= 15 is 0 Å². The molecule has 0 saturated heterocycles. The van der Waals surface area contributed by atoms with Crippen LogP contribution in [-0.4, -0.2) is 36.0 Å². The fraction of sp³-hybridized carbons (Fsp3) is 0.231. The van der Waals surface area contributed by atoms with Crippen molar-refractivity contribution in [3.63, 3.8) is 0 Å². The molecule has 2 aromatic carbocycles.